The second-order valence-electron chi connectivity index (χ2n) is 3.98. The van der Waals surface area contributed by atoms with E-state index < -0.39 is 0 Å². The van der Waals surface area contributed by atoms with Gasteiger partial charge in [0.05, 0.1) is 24.5 Å². The van der Waals surface area contributed by atoms with Gasteiger partial charge in [-0.15, -0.1) is 0 Å². The molecule has 15 heavy (non-hydrogen) atoms. The van der Waals surface area contributed by atoms with E-state index in [1.165, 1.54) is 6.08 Å². The molecule has 1 aromatic rings. The van der Waals surface area contributed by atoms with Crippen molar-refractivity contribution in [3.8, 4) is 0 Å². The first-order valence-corrected chi connectivity index (χ1v) is 5.08. The van der Waals surface area contributed by atoms with E-state index in [-0.39, 0.29) is 11.9 Å². The van der Waals surface area contributed by atoms with Crippen molar-refractivity contribution >= 4 is 5.91 Å². The monoisotopic (exact) mass is 205 g/mol. The van der Waals surface area contributed by atoms with Crippen molar-refractivity contribution in [3.63, 3.8) is 0 Å². The van der Waals surface area contributed by atoms with Gasteiger partial charge in [0.1, 0.15) is 0 Å². The zero-order valence-corrected chi connectivity index (χ0v) is 9.10. The molecule has 1 aromatic heterocycles. The lowest BCUT2D eigenvalue weighted by Crippen LogP contribution is -2.44. The van der Waals surface area contributed by atoms with Crippen molar-refractivity contribution in [2.24, 2.45) is 0 Å². The Hall–Kier alpha value is -1.58. The van der Waals surface area contributed by atoms with Crippen LogP contribution in [0, 0.1) is 6.92 Å². The number of carbonyl (C=O) groups excluding carboxylic acids is 1. The number of aromatic nitrogens is 2. The van der Waals surface area contributed by atoms with Gasteiger partial charge in [-0.2, -0.15) is 5.10 Å². The third-order valence-electron chi connectivity index (χ3n) is 2.74. The van der Waals surface area contributed by atoms with E-state index in [1.54, 1.807) is 0 Å². The highest BCUT2D eigenvalue weighted by atomic mass is 16.2. The summed E-state index contributed by atoms with van der Waals surface area (Å²) in [5, 5.41) is 4.37. The normalized spacial score (nSPS) is 19.9. The van der Waals surface area contributed by atoms with Crippen LogP contribution in [-0.4, -0.2) is 26.6 Å². The summed E-state index contributed by atoms with van der Waals surface area (Å²) in [6.45, 7) is 8.91. The Morgan fingerprint density at radius 2 is 2.47 bits per heavy atom. The smallest absolute Gasteiger partial charge is 0.246 e. The fourth-order valence-corrected chi connectivity index (χ4v) is 1.98. The summed E-state index contributed by atoms with van der Waals surface area (Å²) in [6.07, 6.45) is 1.37. The SMILES string of the molecule is C=CC(=O)N1Cc2cc(C)nn2CC1C. The summed E-state index contributed by atoms with van der Waals surface area (Å²) < 4.78 is 1.98. The summed E-state index contributed by atoms with van der Waals surface area (Å²) >= 11 is 0. The van der Waals surface area contributed by atoms with Gasteiger partial charge in [-0.25, -0.2) is 0 Å². The molecule has 0 spiro atoms. The van der Waals surface area contributed by atoms with Gasteiger partial charge in [0.2, 0.25) is 5.91 Å². The van der Waals surface area contributed by atoms with Crippen LogP contribution in [0.4, 0.5) is 0 Å². The number of rotatable bonds is 1. The van der Waals surface area contributed by atoms with Gasteiger partial charge in [-0.05, 0) is 26.0 Å². The molecule has 0 saturated carbocycles. The Kier molecular flexibility index (Phi) is 2.34. The first-order chi connectivity index (χ1) is 7.11. The number of amides is 1. The molecule has 4 heteroatoms. The number of nitrogens with zero attached hydrogens (tertiary/aromatic N) is 3. The zero-order valence-electron chi connectivity index (χ0n) is 9.10. The molecular weight excluding hydrogens is 190 g/mol. The molecule has 4 nitrogen and oxygen atoms in total. The largest absolute Gasteiger partial charge is 0.329 e. The Morgan fingerprint density at radius 1 is 1.73 bits per heavy atom. The average molecular weight is 205 g/mol. The Morgan fingerprint density at radius 3 is 3.13 bits per heavy atom. The maximum Gasteiger partial charge on any atom is 0.246 e. The molecule has 0 fully saturated rings. The van der Waals surface area contributed by atoms with Crippen molar-refractivity contribution in [1.29, 1.82) is 0 Å². The molecule has 2 rings (SSSR count). The third kappa shape index (κ3) is 1.67. The van der Waals surface area contributed by atoms with E-state index in [9.17, 15) is 4.79 Å². The summed E-state index contributed by atoms with van der Waals surface area (Å²) in [5.41, 5.74) is 2.10. The van der Waals surface area contributed by atoms with Crippen molar-refractivity contribution in [1.82, 2.24) is 14.7 Å². The number of carbonyl (C=O) groups is 1. The summed E-state index contributed by atoms with van der Waals surface area (Å²) in [6, 6.07) is 2.21. The van der Waals surface area contributed by atoms with Gasteiger partial charge < -0.3 is 4.90 Å². The predicted octanol–water partition coefficient (Wildman–Crippen LogP) is 1.11. The number of aryl methyl sites for hydroxylation is 1. The lowest BCUT2D eigenvalue weighted by Gasteiger charge is -2.33. The maximum absolute atomic E-state index is 11.6. The van der Waals surface area contributed by atoms with Gasteiger partial charge in [0, 0.05) is 6.04 Å². The molecule has 0 N–H and O–H groups in total. The predicted molar refractivity (Wildman–Crippen MR) is 57.2 cm³/mol. The van der Waals surface area contributed by atoms with Crippen LogP contribution in [0.5, 0.6) is 0 Å². The Labute approximate surface area is 89.2 Å². The standard InChI is InChI=1S/C11H15N3O/c1-4-11(15)13-7-10-5-8(2)12-14(10)6-9(13)3/h4-5,9H,1,6-7H2,2-3H3. The summed E-state index contributed by atoms with van der Waals surface area (Å²) in [4.78, 5) is 13.4. The van der Waals surface area contributed by atoms with Crippen LogP contribution in [0.3, 0.4) is 0 Å². The van der Waals surface area contributed by atoms with Gasteiger partial charge in [-0.1, -0.05) is 6.58 Å². The zero-order chi connectivity index (χ0) is 11.0. The maximum atomic E-state index is 11.6. The molecule has 0 saturated heterocycles. The highest BCUT2D eigenvalue weighted by molar-refractivity contribution is 5.87. The van der Waals surface area contributed by atoms with Gasteiger partial charge in [-0.3, -0.25) is 9.48 Å². The summed E-state index contributed by atoms with van der Waals surface area (Å²) in [5.74, 6) is -0.00685. The molecule has 1 atom stereocenters. The fraction of sp³-hybridized carbons (Fsp3) is 0.455. The number of hydrogen-bond acceptors (Lipinski definition) is 2. The van der Waals surface area contributed by atoms with Crippen LogP contribution in [0.25, 0.3) is 0 Å². The first-order valence-electron chi connectivity index (χ1n) is 5.08. The molecule has 1 aliphatic heterocycles. The minimum atomic E-state index is -0.00685. The minimum Gasteiger partial charge on any atom is -0.329 e. The highest BCUT2D eigenvalue weighted by Crippen LogP contribution is 2.18. The van der Waals surface area contributed by atoms with Gasteiger partial charge in [0.25, 0.3) is 0 Å². The van der Waals surface area contributed by atoms with E-state index in [0.717, 1.165) is 17.9 Å². The van der Waals surface area contributed by atoms with Crippen LogP contribution in [0.2, 0.25) is 0 Å². The van der Waals surface area contributed by atoms with E-state index in [1.807, 2.05) is 29.5 Å². The Bertz CT molecular complexity index is 408. The van der Waals surface area contributed by atoms with Crippen molar-refractivity contribution < 1.29 is 4.79 Å². The minimum absolute atomic E-state index is 0.00685. The third-order valence-corrected chi connectivity index (χ3v) is 2.74. The van der Waals surface area contributed by atoms with Crippen molar-refractivity contribution in [3.05, 3.63) is 30.1 Å². The average Bonchev–Trinajstić information content (AvgIpc) is 2.55. The summed E-state index contributed by atoms with van der Waals surface area (Å²) in [7, 11) is 0. The highest BCUT2D eigenvalue weighted by Gasteiger charge is 2.25. The molecule has 1 amide bonds. The van der Waals surface area contributed by atoms with Crippen LogP contribution in [0.1, 0.15) is 18.3 Å². The molecule has 0 bridgehead atoms. The molecular formula is C11H15N3O. The number of hydrogen-bond donors (Lipinski definition) is 0. The van der Waals surface area contributed by atoms with Crippen LogP contribution in [-0.2, 0) is 17.9 Å². The topological polar surface area (TPSA) is 38.1 Å². The quantitative estimate of drug-likeness (QED) is 0.644. The van der Waals surface area contributed by atoms with Crippen LogP contribution < -0.4 is 0 Å². The molecule has 80 valence electrons. The van der Waals surface area contributed by atoms with E-state index in [4.69, 9.17) is 0 Å². The lowest BCUT2D eigenvalue weighted by atomic mass is 10.2. The van der Waals surface area contributed by atoms with Crippen molar-refractivity contribution in [2.75, 3.05) is 0 Å². The first kappa shape index (κ1) is 9.96. The second kappa shape index (κ2) is 3.53. The molecule has 2 heterocycles. The second-order valence-corrected chi connectivity index (χ2v) is 3.98. The lowest BCUT2D eigenvalue weighted by molar-refractivity contribution is -0.129. The van der Waals surface area contributed by atoms with Crippen LogP contribution >= 0.6 is 0 Å². The van der Waals surface area contributed by atoms with Gasteiger partial charge >= 0.3 is 0 Å². The molecule has 0 aromatic carbocycles. The van der Waals surface area contributed by atoms with Crippen LogP contribution in [0.15, 0.2) is 18.7 Å². The molecule has 0 radical (unpaired) electrons. The van der Waals surface area contributed by atoms with E-state index in [2.05, 4.69) is 11.7 Å². The molecule has 0 aliphatic carbocycles. The van der Waals surface area contributed by atoms with E-state index >= 15 is 0 Å². The van der Waals surface area contributed by atoms with E-state index in [0.29, 0.717) is 6.54 Å². The molecule has 1 aliphatic rings. The fourth-order valence-electron chi connectivity index (χ4n) is 1.98. The van der Waals surface area contributed by atoms with Gasteiger partial charge in [0.15, 0.2) is 0 Å². The molecule has 1 unspecified atom stereocenters. The number of fused-ring (bicyclic) bond motifs is 1. The Balaban J connectivity index is 2.28. The van der Waals surface area contributed by atoms with Crippen molar-refractivity contribution in [2.45, 2.75) is 33.0 Å².